The van der Waals surface area contributed by atoms with Gasteiger partial charge in [0.2, 0.25) is 5.13 Å². The number of anilines is 1. The first-order chi connectivity index (χ1) is 13.3. The van der Waals surface area contributed by atoms with Gasteiger partial charge in [0.25, 0.3) is 5.69 Å². The fourth-order valence-corrected chi connectivity index (χ4v) is 3.40. The van der Waals surface area contributed by atoms with Gasteiger partial charge in [0.05, 0.1) is 15.6 Å². The SMILES string of the molecule is O=C(O)/C(=N/Nc1nc(-c2ccc(I)c(Cl)c2)cs1)c1cccc([N+](=O)[O-])c1. The number of halogens is 2. The van der Waals surface area contributed by atoms with Crippen molar-refractivity contribution >= 4 is 68.0 Å². The van der Waals surface area contributed by atoms with Crippen LogP contribution in [0, 0.1) is 13.7 Å². The Kier molecular flexibility index (Phi) is 6.21. The molecule has 0 saturated carbocycles. The summed E-state index contributed by atoms with van der Waals surface area (Å²) in [6.07, 6.45) is 0. The number of nitro groups is 1. The van der Waals surface area contributed by atoms with E-state index in [1.165, 1.54) is 29.5 Å². The number of aromatic nitrogens is 1. The molecule has 1 heterocycles. The first-order valence-electron chi connectivity index (χ1n) is 7.58. The lowest BCUT2D eigenvalue weighted by Crippen LogP contribution is -2.16. The maximum absolute atomic E-state index is 11.5. The highest BCUT2D eigenvalue weighted by Gasteiger charge is 2.16. The third-order valence-corrected chi connectivity index (χ3v) is 5.84. The zero-order chi connectivity index (χ0) is 20.3. The molecule has 0 aliphatic heterocycles. The zero-order valence-electron chi connectivity index (χ0n) is 13.8. The van der Waals surface area contributed by atoms with Gasteiger partial charge in [0.1, 0.15) is 0 Å². The van der Waals surface area contributed by atoms with Crippen molar-refractivity contribution < 1.29 is 14.8 Å². The summed E-state index contributed by atoms with van der Waals surface area (Å²) in [4.78, 5) is 26.2. The van der Waals surface area contributed by atoms with Crippen LogP contribution in [0.1, 0.15) is 5.56 Å². The van der Waals surface area contributed by atoms with Crippen LogP contribution in [0.4, 0.5) is 10.8 Å². The summed E-state index contributed by atoms with van der Waals surface area (Å²) >= 11 is 9.49. The summed E-state index contributed by atoms with van der Waals surface area (Å²) in [5.74, 6) is -1.32. The van der Waals surface area contributed by atoms with E-state index < -0.39 is 10.9 Å². The number of nitro benzene ring substituents is 1. The number of aliphatic carboxylic acids is 1. The Morgan fingerprint density at radius 2 is 2.11 bits per heavy atom. The first kappa shape index (κ1) is 20.2. The second kappa shape index (κ2) is 8.63. The normalized spacial score (nSPS) is 11.3. The average molecular weight is 529 g/mol. The number of carbonyl (C=O) groups is 1. The summed E-state index contributed by atoms with van der Waals surface area (Å²) in [5.41, 5.74) is 3.60. The Morgan fingerprint density at radius 1 is 1.32 bits per heavy atom. The van der Waals surface area contributed by atoms with E-state index in [-0.39, 0.29) is 17.0 Å². The Hall–Kier alpha value is -2.57. The number of hydrogen-bond acceptors (Lipinski definition) is 7. The minimum Gasteiger partial charge on any atom is -0.476 e. The lowest BCUT2D eigenvalue weighted by Gasteiger charge is -2.02. The van der Waals surface area contributed by atoms with Crippen molar-refractivity contribution in [1.29, 1.82) is 0 Å². The van der Waals surface area contributed by atoms with Crippen LogP contribution >= 0.6 is 45.5 Å². The van der Waals surface area contributed by atoms with Crippen molar-refractivity contribution in [3.8, 4) is 11.3 Å². The van der Waals surface area contributed by atoms with Crippen LogP contribution in [0.3, 0.4) is 0 Å². The van der Waals surface area contributed by atoms with Crippen molar-refractivity contribution in [1.82, 2.24) is 4.98 Å². The van der Waals surface area contributed by atoms with E-state index in [1.807, 2.05) is 12.1 Å². The third kappa shape index (κ3) is 4.64. The topological polar surface area (TPSA) is 118 Å². The van der Waals surface area contributed by atoms with Crippen LogP contribution in [0.25, 0.3) is 11.3 Å². The Labute approximate surface area is 181 Å². The van der Waals surface area contributed by atoms with Gasteiger partial charge in [-0.05, 0) is 34.7 Å². The standard InChI is InChI=1S/C17H10ClIN4O4S/c18-12-7-9(4-5-13(12)19)14-8-28-17(20-14)22-21-15(16(24)25)10-2-1-3-11(6-10)23(26)27/h1-8H,(H,20,22)(H,24,25)/b21-15+. The van der Waals surface area contributed by atoms with Crippen LogP contribution in [0.15, 0.2) is 52.9 Å². The van der Waals surface area contributed by atoms with Crippen LogP contribution in [0.5, 0.6) is 0 Å². The number of hydrogen-bond donors (Lipinski definition) is 2. The molecule has 28 heavy (non-hydrogen) atoms. The molecule has 1 aromatic heterocycles. The number of rotatable bonds is 6. The molecule has 0 radical (unpaired) electrons. The Balaban J connectivity index is 1.85. The minimum absolute atomic E-state index is 0.107. The number of non-ortho nitro benzene ring substituents is 1. The highest BCUT2D eigenvalue weighted by molar-refractivity contribution is 14.1. The Morgan fingerprint density at radius 3 is 2.79 bits per heavy atom. The predicted molar refractivity (Wildman–Crippen MR) is 116 cm³/mol. The van der Waals surface area contributed by atoms with Crippen molar-refractivity contribution in [3.63, 3.8) is 0 Å². The molecule has 0 spiro atoms. The largest absolute Gasteiger partial charge is 0.476 e. The molecular weight excluding hydrogens is 519 g/mol. The molecule has 0 bridgehead atoms. The zero-order valence-corrected chi connectivity index (χ0v) is 17.5. The van der Waals surface area contributed by atoms with Gasteiger partial charge in [-0.1, -0.05) is 29.8 Å². The highest BCUT2D eigenvalue weighted by Crippen LogP contribution is 2.29. The predicted octanol–water partition coefficient (Wildman–Crippen LogP) is 4.88. The fourth-order valence-electron chi connectivity index (χ4n) is 2.22. The van der Waals surface area contributed by atoms with Crippen LogP contribution in [-0.4, -0.2) is 26.7 Å². The van der Waals surface area contributed by atoms with E-state index in [2.05, 4.69) is 38.1 Å². The molecule has 0 saturated heterocycles. The van der Waals surface area contributed by atoms with Gasteiger partial charge < -0.3 is 5.11 Å². The number of hydrazone groups is 1. The molecular formula is C17H10ClIN4O4S. The number of thiazole rings is 1. The van der Waals surface area contributed by atoms with Crippen molar-refractivity contribution in [3.05, 3.63) is 72.1 Å². The summed E-state index contributed by atoms with van der Waals surface area (Å²) < 4.78 is 0.921. The van der Waals surface area contributed by atoms with Gasteiger partial charge in [0, 0.05) is 32.2 Å². The summed E-state index contributed by atoms with van der Waals surface area (Å²) in [5, 5.41) is 26.9. The van der Waals surface area contributed by atoms with E-state index >= 15 is 0 Å². The monoisotopic (exact) mass is 528 g/mol. The van der Waals surface area contributed by atoms with E-state index in [4.69, 9.17) is 11.6 Å². The average Bonchev–Trinajstić information content (AvgIpc) is 3.13. The summed E-state index contributed by atoms with van der Waals surface area (Å²) in [6.45, 7) is 0. The lowest BCUT2D eigenvalue weighted by molar-refractivity contribution is -0.384. The maximum Gasteiger partial charge on any atom is 0.356 e. The molecule has 0 atom stereocenters. The molecule has 0 unspecified atom stereocenters. The van der Waals surface area contributed by atoms with Crippen molar-refractivity contribution in [2.75, 3.05) is 5.43 Å². The minimum atomic E-state index is -1.32. The molecule has 0 fully saturated rings. The van der Waals surface area contributed by atoms with Gasteiger partial charge >= 0.3 is 5.97 Å². The van der Waals surface area contributed by atoms with Gasteiger partial charge in [-0.2, -0.15) is 5.10 Å². The van der Waals surface area contributed by atoms with Crippen LogP contribution in [-0.2, 0) is 4.79 Å². The number of carboxylic acid groups (broad SMARTS) is 1. The van der Waals surface area contributed by atoms with Gasteiger partial charge in [0.15, 0.2) is 5.71 Å². The molecule has 11 heteroatoms. The molecule has 2 N–H and O–H groups in total. The second-order valence-corrected chi connectivity index (χ2v) is 7.78. The Bertz CT molecular complexity index is 1100. The summed E-state index contributed by atoms with van der Waals surface area (Å²) in [7, 11) is 0. The third-order valence-electron chi connectivity index (χ3n) is 3.52. The number of carboxylic acids is 1. The van der Waals surface area contributed by atoms with E-state index in [1.54, 1.807) is 11.4 Å². The molecule has 8 nitrogen and oxygen atoms in total. The number of nitrogens with one attached hydrogen (secondary N) is 1. The van der Waals surface area contributed by atoms with Crippen LogP contribution in [0.2, 0.25) is 5.02 Å². The molecule has 0 aliphatic carbocycles. The summed E-state index contributed by atoms with van der Waals surface area (Å²) in [6, 6.07) is 10.8. The van der Waals surface area contributed by atoms with Crippen LogP contribution < -0.4 is 5.43 Å². The van der Waals surface area contributed by atoms with Crippen molar-refractivity contribution in [2.45, 2.75) is 0 Å². The van der Waals surface area contributed by atoms with Gasteiger partial charge in [-0.25, -0.2) is 9.78 Å². The first-order valence-corrected chi connectivity index (χ1v) is 9.91. The van der Waals surface area contributed by atoms with Gasteiger partial charge in [-0.3, -0.25) is 15.5 Å². The molecule has 2 aromatic carbocycles. The van der Waals surface area contributed by atoms with E-state index in [0.29, 0.717) is 15.8 Å². The molecule has 0 amide bonds. The smallest absolute Gasteiger partial charge is 0.356 e. The quantitative estimate of drug-likeness (QED) is 0.204. The second-order valence-electron chi connectivity index (χ2n) is 5.35. The lowest BCUT2D eigenvalue weighted by atomic mass is 10.1. The fraction of sp³-hybridized carbons (Fsp3) is 0. The highest BCUT2D eigenvalue weighted by atomic mass is 127. The molecule has 3 rings (SSSR count). The number of nitrogens with zero attached hydrogens (tertiary/aromatic N) is 3. The number of benzene rings is 2. The maximum atomic E-state index is 11.5. The molecule has 3 aromatic rings. The molecule has 142 valence electrons. The molecule has 0 aliphatic rings. The van der Waals surface area contributed by atoms with E-state index in [0.717, 1.165) is 15.2 Å². The van der Waals surface area contributed by atoms with E-state index in [9.17, 15) is 20.0 Å². The van der Waals surface area contributed by atoms with Crippen molar-refractivity contribution in [2.24, 2.45) is 5.10 Å². The van der Waals surface area contributed by atoms with Gasteiger partial charge in [-0.15, -0.1) is 11.3 Å².